The average molecular weight is 212 g/mol. The van der Waals surface area contributed by atoms with Crippen LogP contribution in [0.3, 0.4) is 0 Å². The van der Waals surface area contributed by atoms with Crippen molar-refractivity contribution in [1.29, 1.82) is 0 Å². The smallest absolute Gasteiger partial charge is 0.0459 e. The van der Waals surface area contributed by atoms with E-state index in [9.17, 15) is 5.11 Å². The molecule has 0 bridgehead atoms. The van der Waals surface area contributed by atoms with Gasteiger partial charge in [-0.05, 0) is 24.7 Å². The molecule has 0 aromatic heterocycles. The summed E-state index contributed by atoms with van der Waals surface area (Å²) < 4.78 is 0. The van der Waals surface area contributed by atoms with Crippen LogP contribution in [0.25, 0.3) is 0 Å². The third-order valence-corrected chi connectivity index (χ3v) is 3.87. The van der Waals surface area contributed by atoms with Gasteiger partial charge in [0, 0.05) is 6.61 Å². The van der Waals surface area contributed by atoms with E-state index in [4.69, 9.17) is 0 Å². The van der Waals surface area contributed by atoms with E-state index < -0.39 is 0 Å². The summed E-state index contributed by atoms with van der Waals surface area (Å²) in [7, 11) is 0. The van der Waals surface area contributed by atoms with Crippen molar-refractivity contribution < 1.29 is 5.11 Å². The maximum Gasteiger partial charge on any atom is 0.0459 e. The van der Waals surface area contributed by atoms with Gasteiger partial charge in [0.05, 0.1) is 0 Å². The van der Waals surface area contributed by atoms with Gasteiger partial charge in [0.1, 0.15) is 0 Å². The van der Waals surface area contributed by atoms with E-state index in [1.165, 1.54) is 64.2 Å². The molecule has 1 saturated carbocycles. The van der Waals surface area contributed by atoms with Crippen molar-refractivity contribution >= 4 is 0 Å². The summed E-state index contributed by atoms with van der Waals surface area (Å²) in [4.78, 5) is 0. The van der Waals surface area contributed by atoms with Gasteiger partial charge in [-0.2, -0.15) is 0 Å². The molecule has 0 aromatic carbocycles. The maximum atomic E-state index is 9.36. The largest absolute Gasteiger partial charge is 0.396 e. The molecular weight excluding hydrogens is 184 g/mol. The van der Waals surface area contributed by atoms with Gasteiger partial charge in [-0.3, -0.25) is 0 Å². The Kier molecular flexibility index (Phi) is 7.08. The van der Waals surface area contributed by atoms with Crippen molar-refractivity contribution in [3.63, 3.8) is 0 Å². The van der Waals surface area contributed by atoms with Gasteiger partial charge in [0.2, 0.25) is 0 Å². The van der Waals surface area contributed by atoms with Gasteiger partial charge in [-0.1, -0.05) is 58.3 Å². The van der Waals surface area contributed by atoms with Gasteiger partial charge < -0.3 is 5.11 Å². The summed E-state index contributed by atoms with van der Waals surface area (Å²) in [6, 6.07) is 0. The van der Waals surface area contributed by atoms with Crippen molar-refractivity contribution in [2.24, 2.45) is 11.8 Å². The molecule has 0 heterocycles. The number of rotatable bonds is 7. The van der Waals surface area contributed by atoms with E-state index in [1.807, 2.05) is 0 Å². The Hall–Kier alpha value is -0.0400. The predicted octanol–water partition coefficient (Wildman–Crippen LogP) is 4.15. The van der Waals surface area contributed by atoms with E-state index >= 15 is 0 Å². The highest BCUT2D eigenvalue weighted by Gasteiger charge is 2.18. The second-order valence-electron chi connectivity index (χ2n) is 5.28. The van der Waals surface area contributed by atoms with Crippen molar-refractivity contribution in [2.75, 3.05) is 6.61 Å². The fourth-order valence-electron chi connectivity index (χ4n) is 2.86. The summed E-state index contributed by atoms with van der Waals surface area (Å²) in [6.45, 7) is 2.66. The van der Waals surface area contributed by atoms with Gasteiger partial charge in [-0.15, -0.1) is 0 Å². The molecule has 1 atom stereocenters. The fraction of sp³-hybridized carbons (Fsp3) is 1.00. The Bertz CT molecular complexity index is 138. The Morgan fingerprint density at radius 3 is 2.47 bits per heavy atom. The van der Waals surface area contributed by atoms with Crippen LogP contribution in [0.1, 0.15) is 71.1 Å². The Morgan fingerprint density at radius 1 is 1.13 bits per heavy atom. The zero-order chi connectivity index (χ0) is 10.9. The molecule has 1 N–H and O–H groups in total. The first-order valence-corrected chi connectivity index (χ1v) is 6.97. The van der Waals surface area contributed by atoms with Crippen molar-refractivity contribution in [3.8, 4) is 0 Å². The second kappa shape index (κ2) is 8.15. The molecular formula is C14H28O. The minimum atomic E-state index is 0.417. The summed E-state index contributed by atoms with van der Waals surface area (Å²) >= 11 is 0. The highest BCUT2D eigenvalue weighted by Crippen LogP contribution is 2.30. The van der Waals surface area contributed by atoms with Crippen molar-refractivity contribution in [1.82, 2.24) is 0 Å². The molecule has 1 heteroatoms. The van der Waals surface area contributed by atoms with E-state index in [-0.39, 0.29) is 0 Å². The molecule has 1 unspecified atom stereocenters. The zero-order valence-corrected chi connectivity index (χ0v) is 10.4. The van der Waals surface area contributed by atoms with Crippen molar-refractivity contribution in [3.05, 3.63) is 0 Å². The quantitative estimate of drug-likeness (QED) is 0.629. The lowest BCUT2D eigenvalue weighted by atomic mass is 9.81. The van der Waals surface area contributed by atoms with Crippen LogP contribution in [-0.2, 0) is 0 Å². The van der Waals surface area contributed by atoms with Crippen LogP contribution in [-0.4, -0.2) is 11.7 Å². The number of unbranched alkanes of at least 4 members (excludes halogenated alkanes) is 2. The molecule has 1 aliphatic carbocycles. The number of aliphatic hydroxyl groups is 1. The van der Waals surface area contributed by atoms with Crippen LogP contribution < -0.4 is 0 Å². The van der Waals surface area contributed by atoms with Crippen LogP contribution in [0.2, 0.25) is 0 Å². The van der Waals surface area contributed by atoms with Crippen LogP contribution in [0, 0.1) is 11.8 Å². The highest BCUT2D eigenvalue weighted by atomic mass is 16.3. The van der Waals surface area contributed by atoms with Gasteiger partial charge in [0.25, 0.3) is 0 Å². The standard InChI is InChI=1S/C14H28O/c1-2-3-5-10-14(12-15)11-13-8-6-4-7-9-13/h13-15H,2-12H2,1H3. The molecule has 0 radical (unpaired) electrons. The lowest BCUT2D eigenvalue weighted by molar-refractivity contribution is 0.175. The lowest BCUT2D eigenvalue weighted by Gasteiger charge is -2.25. The highest BCUT2D eigenvalue weighted by molar-refractivity contribution is 4.70. The van der Waals surface area contributed by atoms with E-state index in [1.54, 1.807) is 0 Å². The summed E-state index contributed by atoms with van der Waals surface area (Å²) in [6.07, 6.45) is 13.6. The third kappa shape index (κ3) is 5.55. The van der Waals surface area contributed by atoms with Crippen LogP contribution >= 0.6 is 0 Å². The predicted molar refractivity (Wildman–Crippen MR) is 65.9 cm³/mol. The van der Waals surface area contributed by atoms with E-state index in [2.05, 4.69) is 6.92 Å². The molecule has 15 heavy (non-hydrogen) atoms. The molecule has 1 rings (SSSR count). The third-order valence-electron chi connectivity index (χ3n) is 3.87. The first kappa shape index (κ1) is 13.0. The van der Waals surface area contributed by atoms with Crippen LogP contribution in [0.4, 0.5) is 0 Å². The molecule has 1 nitrogen and oxygen atoms in total. The molecule has 90 valence electrons. The first-order valence-electron chi connectivity index (χ1n) is 6.97. The molecule has 0 aromatic rings. The van der Waals surface area contributed by atoms with Gasteiger partial charge >= 0.3 is 0 Å². The van der Waals surface area contributed by atoms with E-state index in [0.29, 0.717) is 12.5 Å². The molecule has 0 amide bonds. The monoisotopic (exact) mass is 212 g/mol. The number of hydrogen-bond donors (Lipinski definition) is 1. The first-order chi connectivity index (χ1) is 7.36. The van der Waals surface area contributed by atoms with Gasteiger partial charge in [-0.25, -0.2) is 0 Å². The molecule has 1 fully saturated rings. The van der Waals surface area contributed by atoms with Crippen molar-refractivity contribution in [2.45, 2.75) is 71.1 Å². The minimum absolute atomic E-state index is 0.417. The Labute approximate surface area is 95.3 Å². The normalized spacial score (nSPS) is 20.4. The molecule has 1 aliphatic rings. The SMILES string of the molecule is CCCCCC(CO)CC1CCCCC1. The minimum Gasteiger partial charge on any atom is -0.396 e. The summed E-state index contributed by atoms with van der Waals surface area (Å²) in [5, 5.41) is 9.36. The molecule has 0 spiro atoms. The topological polar surface area (TPSA) is 20.2 Å². The van der Waals surface area contributed by atoms with Gasteiger partial charge in [0.15, 0.2) is 0 Å². The fourth-order valence-corrected chi connectivity index (χ4v) is 2.86. The maximum absolute atomic E-state index is 9.36. The van der Waals surface area contributed by atoms with Crippen LogP contribution in [0.15, 0.2) is 0 Å². The Morgan fingerprint density at radius 2 is 1.87 bits per heavy atom. The number of hydrogen-bond acceptors (Lipinski definition) is 1. The number of aliphatic hydroxyl groups excluding tert-OH is 1. The zero-order valence-electron chi connectivity index (χ0n) is 10.4. The lowest BCUT2D eigenvalue weighted by Crippen LogP contribution is -2.15. The molecule has 0 saturated heterocycles. The van der Waals surface area contributed by atoms with Crippen LogP contribution in [0.5, 0.6) is 0 Å². The average Bonchev–Trinajstić information content (AvgIpc) is 2.29. The Balaban J connectivity index is 2.13. The van der Waals surface area contributed by atoms with E-state index in [0.717, 1.165) is 5.92 Å². The molecule has 0 aliphatic heterocycles. The second-order valence-corrected chi connectivity index (χ2v) is 5.28. The summed E-state index contributed by atoms with van der Waals surface area (Å²) in [5.41, 5.74) is 0. The summed E-state index contributed by atoms with van der Waals surface area (Å²) in [5.74, 6) is 1.53.